The summed E-state index contributed by atoms with van der Waals surface area (Å²) in [5.41, 5.74) is 6.36. The zero-order valence-corrected chi connectivity index (χ0v) is 17.1. The van der Waals surface area contributed by atoms with E-state index in [1.165, 1.54) is 0 Å². The van der Waals surface area contributed by atoms with E-state index in [-0.39, 0.29) is 17.0 Å². The lowest BCUT2D eigenvalue weighted by Gasteiger charge is -2.17. The maximum absolute atomic E-state index is 13.1. The van der Waals surface area contributed by atoms with Crippen LogP contribution in [0.5, 0.6) is 17.2 Å². The first-order valence-electron chi connectivity index (χ1n) is 9.69. The molecule has 0 aliphatic heterocycles. The highest BCUT2D eigenvalue weighted by Crippen LogP contribution is 2.39. The molecule has 0 bridgehead atoms. The number of benzene rings is 2. The normalized spacial score (nSPS) is 10.6. The van der Waals surface area contributed by atoms with Crippen LogP contribution < -0.4 is 25.3 Å². The maximum atomic E-state index is 13.1. The molecule has 3 aromatic rings. The number of furan rings is 1. The molecular weight excluding hydrogens is 388 g/mol. The second-order valence-electron chi connectivity index (χ2n) is 6.22. The largest absolute Gasteiger partial charge is 0.490 e. The van der Waals surface area contributed by atoms with E-state index in [1.807, 2.05) is 20.8 Å². The zero-order chi connectivity index (χ0) is 21.7. The van der Waals surface area contributed by atoms with Gasteiger partial charge in [0, 0.05) is 10.9 Å². The molecule has 2 amide bonds. The van der Waals surface area contributed by atoms with Crippen LogP contribution in [0.1, 0.15) is 41.7 Å². The molecule has 0 fully saturated rings. The Morgan fingerprint density at radius 1 is 0.967 bits per heavy atom. The monoisotopic (exact) mass is 412 g/mol. The summed E-state index contributed by atoms with van der Waals surface area (Å²) in [6.07, 6.45) is 0. The number of para-hydroxylation sites is 1. The molecule has 8 heteroatoms. The summed E-state index contributed by atoms with van der Waals surface area (Å²) in [6, 6.07) is 10.1. The minimum absolute atomic E-state index is 0.120. The Morgan fingerprint density at radius 3 is 2.13 bits per heavy atom. The Morgan fingerprint density at radius 2 is 1.57 bits per heavy atom. The molecule has 0 saturated carbocycles. The molecule has 0 unspecified atom stereocenters. The van der Waals surface area contributed by atoms with Crippen LogP contribution >= 0.6 is 0 Å². The fraction of sp³-hybridized carbons (Fsp3) is 0.273. The molecule has 0 aliphatic rings. The fourth-order valence-electron chi connectivity index (χ4n) is 3.05. The molecule has 158 valence electrons. The Balaban J connectivity index is 2.04. The number of primary amides is 1. The first kappa shape index (κ1) is 21.0. The van der Waals surface area contributed by atoms with E-state index >= 15 is 0 Å². The van der Waals surface area contributed by atoms with Gasteiger partial charge in [-0.05, 0) is 45.0 Å². The van der Waals surface area contributed by atoms with Crippen LogP contribution in [0, 0.1) is 0 Å². The highest BCUT2D eigenvalue weighted by atomic mass is 16.5. The number of carbonyl (C=O) groups excluding carboxylic acids is 2. The zero-order valence-electron chi connectivity index (χ0n) is 17.1. The van der Waals surface area contributed by atoms with Gasteiger partial charge in [-0.3, -0.25) is 9.59 Å². The van der Waals surface area contributed by atoms with Crippen LogP contribution in [0.25, 0.3) is 11.0 Å². The average molecular weight is 412 g/mol. The standard InChI is InChI=1S/C22H24N2O6/c1-4-27-16-11-13(12-17(28-5-2)19(16)29-6-3)22(26)24-18-14-9-7-8-10-15(14)30-20(18)21(23)25/h7-12H,4-6H2,1-3H3,(H2,23,25)(H,24,26). The van der Waals surface area contributed by atoms with E-state index in [4.69, 9.17) is 24.4 Å². The van der Waals surface area contributed by atoms with E-state index in [1.54, 1.807) is 36.4 Å². The molecule has 1 heterocycles. The van der Waals surface area contributed by atoms with E-state index < -0.39 is 11.8 Å². The van der Waals surface area contributed by atoms with Gasteiger partial charge < -0.3 is 29.7 Å². The van der Waals surface area contributed by atoms with Crippen LogP contribution in [0.2, 0.25) is 0 Å². The van der Waals surface area contributed by atoms with Gasteiger partial charge in [-0.2, -0.15) is 0 Å². The van der Waals surface area contributed by atoms with Gasteiger partial charge in [0.1, 0.15) is 11.3 Å². The van der Waals surface area contributed by atoms with Crippen molar-refractivity contribution in [1.82, 2.24) is 0 Å². The highest BCUT2D eigenvalue weighted by Gasteiger charge is 2.23. The van der Waals surface area contributed by atoms with Crippen molar-refractivity contribution in [2.75, 3.05) is 25.1 Å². The van der Waals surface area contributed by atoms with Crippen molar-refractivity contribution < 1.29 is 28.2 Å². The lowest BCUT2D eigenvalue weighted by Crippen LogP contribution is -2.17. The lowest BCUT2D eigenvalue weighted by molar-refractivity contribution is 0.0977. The number of carbonyl (C=O) groups is 2. The second kappa shape index (κ2) is 9.21. The Labute approximate surface area is 173 Å². The van der Waals surface area contributed by atoms with Crippen LogP contribution in [0.3, 0.4) is 0 Å². The Bertz CT molecular complexity index is 1050. The van der Waals surface area contributed by atoms with Gasteiger partial charge in [0.25, 0.3) is 11.8 Å². The van der Waals surface area contributed by atoms with Gasteiger partial charge in [0.05, 0.1) is 19.8 Å². The third-order valence-corrected chi connectivity index (χ3v) is 4.23. The van der Waals surface area contributed by atoms with Crippen molar-refractivity contribution in [3.63, 3.8) is 0 Å². The van der Waals surface area contributed by atoms with E-state index in [2.05, 4.69) is 5.32 Å². The van der Waals surface area contributed by atoms with Crippen molar-refractivity contribution in [3.05, 3.63) is 47.7 Å². The highest BCUT2D eigenvalue weighted by molar-refractivity contribution is 6.14. The van der Waals surface area contributed by atoms with Crippen LogP contribution in [-0.2, 0) is 0 Å². The van der Waals surface area contributed by atoms with E-state index in [0.717, 1.165) is 0 Å². The lowest BCUT2D eigenvalue weighted by atomic mass is 10.1. The number of amides is 2. The number of ether oxygens (including phenoxy) is 3. The van der Waals surface area contributed by atoms with Gasteiger partial charge in [-0.15, -0.1) is 0 Å². The van der Waals surface area contributed by atoms with Crippen molar-refractivity contribution in [1.29, 1.82) is 0 Å². The summed E-state index contributed by atoms with van der Waals surface area (Å²) in [6.45, 7) is 6.69. The number of hydrogen-bond donors (Lipinski definition) is 2. The smallest absolute Gasteiger partial charge is 0.286 e. The van der Waals surface area contributed by atoms with E-state index in [9.17, 15) is 9.59 Å². The maximum Gasteiger partial charge on any atom is 0.286 e. The number of anilines is 1. The SMILES string of the molecule is CCOc1cc(C(=O)Nc2c(C(N)=O)oc3ccccc23)cc(OCC)c1OCC. The third-order valence-electron chi connectivity index (χ3n) is 4.23. The molecular formula is C22H24N2O6. The summed E-state index contributed by atoms with van der Waals surface area (Å²) in [4.78, 5) is 24.9. The topological polar surface area (TPSA) is 113 Å². The van der Waals surface area contributed by atoms with E-state index in [0.29, 0.717) is 48.0 Å². The van der Waals surface area contributed by atoms with Crippen LogP contribution in [0.15, 0.2) is 40.8 Å². The molecule has 0 radical (unpaired) electrons. The molecule has 0 aliphatic carbocycles. The van der Waals surface area contributed by atoms with Gasteiger partial charge >= 0.3 is 0 Å². The number of nitrogens with two attached hydrogens (primary N) is 1. The van der Waals surface area contributed by atoms with Crippen LogP contribution in [0.4, 0.5) is 5.69 Å². The predicted molar refractivity (Wildman–Crippen MR) is 113 cm³/mol. The summed E-state index contributed by atoms with van der Waals surface area (Å²) in [7, 11) is 0. The van der Waals surface area contributed by atoms with Gasteiger partial charge in [-0.25, -0.2) is 0 Å². The fourth-order valence-corrected chi connectivity index (χ4v) is 3.05. The van der Waals surface area contributed by atoms with Crippen molar-refractivity contribution >= 4 is 28.5 Å². The molecule has 30 heavy (non-hydrogen) atoms. The molecule has 3 rings (SSSR count). The number of nitrogens with one attached hydrogen (secondary N) is 1. The number of fused-ring (bicyclic) bond motifs is 1. The summed E-state index contributed by atoms with van der Waals surface area (Å²) < 4.78 is 22.5. The molecule has 0 atom stereocenters. The minimum atomic E-state index is -0.779. The first-order valence-corrected chi connectivity index (χ1v) is 9.69. The molecule has 2 aromatic carbocycles. The Kier molecular flexibility index (Phi) is 6.46. The minimum Gasteiger partial charge on any atom is -0.490 e. The third kappa shape index (κ3) is 4.17. The molecule has 0 spiro atoms. The molecule has 0 saturated heterocycles. The van der Waals surface area contributed by atoms with Crippen molar-refractivity contribution in [3.8, 4) is 17.2 Å². The quantitative estimate of drug-likeness (QED) is 0.550. The summed E-state index contributed by atoms with van der Waals surface area (Å²) in [5, 5.41) is 3.31. The predicted octanol–water partition coefficient (Wildman–Crippen LogP) is 3.98. The summed E-state index contributed by atoms with van der Waals surface area (Å²) >= 11 is 0. The van der Waals surface area contributed by atoms with Crippen molar-refractivity contribution in [2.45, 2.75) is 20.8 Å². The molecule has 1 aromatic heterocycles. The van der Waals surface area contributed by atoms with Gasteiger partial charge in [0.2, 0.25) is 11.5 Å². The average Bonchev–Trinajstić information content (AvgIpc) is 3.09. The number of rotatable bonds is 9. The molecule has 3 N–H and O–H groups in total. The second-order valence-corrected chi connectivity index (χ2v) is 6.22. The molecule has 8 nitrogen and oxygen atoms in total. The van der Waals surface area contributed by atoms with Crippen LogP contribution in [-0.4, -0.2) is 31.6 Å². The Hall–Kier alpha value is -3.68. The first-order chi connectivity index (χ1) is 14.5. The van der Waals surface area contributed by atoms with Crippen molar-refractivity contribution in [2.24, 2.45) is 5.73 Å². The number of hydrogen-bond acceptors (Lipinski definition) is 6. The van der Waals surface area contributed by atoms with Gasteiger partial charge in [0.15, 0.2) is 11.5 Å². The van der Waals surface area contributed by atoms with Gasteiger partial charge in [-0.1, -0.05) is 12.1 Å². The summed E-state index contributed by atoms with van der Waals surface area (Å²) in [5.74, 6) is -0.160.